The van der Waals surface area contributed by atoms with Crippen LogP contribution in [0, 0.1) is 5.92 Å². The summed E-state index contributed by atoms with van der Waals surface area (Å²) < 4.78 is 0. The van der Waals surface area contributed by atoms with Gasteiger partial charge < -0.3 is 16.0 Å². The molecule has 0 radical (unpaired) electrons. The minimum absolute atomic E-state index is 0.0886. The number of carbonyl (C=O) groups excluding carboxylic acids is 2. The summed E-state index contributed by atoms with van der Waals surface area (Å²) >= 11 is 0. The van der Waals surface area contributed by atoms with E-state index in [1.54, 1.807) is 14.1 Å². The predicted octanol–water partition coefficient (Wildman–Crippen LogP) is 1.31. The average Bonchev–Trinajstić information content (AvgIpc) is 3.16. The van der Waals surface area contributed by atoms with Gasteiger partial charge in [-0.2, -0.15) is 0 Å². The van der Waals surface area contributed by atoms with Crippen LogP contribution in [-0.2, 0) is 9.59 Å². The highest BCUT2D eigenvalue weighted by molar-refractivity contribution is 6.14. The van der Waals surface area contributed by atoms with E-state index in [-0.39, 0.29) is 29.7 Å². The topological polar surface area (TPSA) is 70.2 Å². The fraction of sp³-hybridized carbons (Fsp3) is 0.667. The van der Waals surface area contributed by atoms with Crippen LogP contribution in [0.3, 0.4) is 0 Å². The van der Waals surface area contributed by atoms with Crippen molar-refractivity contribution in [3.05, 3.63) is 23.8 Å². The molecule has 5 nitrogen and oxygen atoms in total. The third-order valence-corrected chi connectivity index (χ3v) is 5.28. The predicted molar refractivity (Wildman–Crippen MR) is 92.1 cm³/mol. The number of rotatable bonds is 8. The van der Waals surface area contributed by atoms with E-state index in [1.807, 2.05) is 19.9 Å². The van der Waals surface area contributed by atoms with Crippen molar-refractivity contribution < 1.29 is 9.59 Å². The maximum Gasteiger partial charge on any atom is 0.238 e. The summed E-state index contributed by atoms with van der Waals surface area (Å²) in [6, 6.07) is -0.574. The molecule has 2 aliphatic rings. The Kier molecular flexibility index (Phi) is 5.76. The quantitative estimate of drug-likeness (QED) is 0.631. The van der Waals surface area contributed by atoms with Gasteiger partial charge in [0.25, 0.3) is 0 Å². The lowest BCUT2D eigenvalue weighted by atomic mass is 9.93. The van der Waals surface area contributed by atoms with E-state index in [2.05, 4.69) is 28.1 Å². The van der Waals surface area contributed by atoms with Crippen LogP contribution in [-0.4, -0.2) is 43.4 Å². The van der Waals surface area contributed by atoms with Gasteiger partial charge in [0.05, 0.1) is 12.1 Å². The van der Waals surface area contributed by atoms with Crippen molar-refractivity contribution in [2.24, 2.45) is 5.92 Å². The van der Waals surface area contributed by atoms with Crippen LogP contribution in [0.5, 0.6) is 0 Å². The molecular weight excluding hydrogens is 290 g/mol. The number of Topliss-reactive ketones (excluding diaryl/α,β-unsaturated/α-hetero) is 1. The van der Waals surface area contributed by atoms with Gasteiger partial charge in [-0.15, -0.1) is 0 Å². The molecule has 0 aromatic rings. The highest BCUT2D eigenvalue weighted by Gasteiger charge is 2.67. The van der Waals surface area contributed by atoms with Gasteiger partial charge in [0.15, 0.2) is 5.78 Å². The number of allylic oxidation sites excluding steroid dienone is 3. The number of nitrogens with one attached hydrogen (secondary N) is 3. The maximum absolute atomic E-state index is 12.7. The molecule has 0 aromatic carbocycles. The monoisotopic (exact) mass is 319 g/mol. The first kappa shape index (κ1) is 17.9. The van der Waals surface area contributed by atoms with Crippen LogP contribution in [0.4, 0.5) is 0 Å². The van der Waals surface area contributed by atoms with Gasteiger partial charge in [-0.05, 0) is 39.3 Å². The lowest BCUT2D eigenvalue weighted by Crippen LogP contribution is -2.53. The molecule has 5 heteroatoms. The average molecular weight is 319 g/mol. The molecule has 4 atom stereocenters. The van der Waals surface area contributed by atoms with Crippen LogP contribution >= 0.6 is 0 Å². The van der Waals surface area contributed by atoms with Crippen molar-refractivity contribution in [2.75, 3.05) is 14.1 Å². The largest absolute Gasteiger partial charge is 0.340 e. The van der Waals surface area contributed by atoms with Gasteiger partial charge in [-0.25, -0.2) is 0 Å². The first-order valence-corrected chi connectivity index (χ1v) is 8.56. The van der Waals surface area contributed by atoms with Crippen molar-refractivity contribution in [2.45, 2.75) is 57.2 Å². The Balaban J connectivity index is 2.07. The molecular formula is C18H29N3O2. The molecule has 2 aliphatic carbocycles. The van der Waals surface area contributed by atoms with E-state index in [4.69, 9.17) is 0 Å². The first-order chi connectivity index (χ1) is 11.0. The van der Waals surface area contributed by atoms with E-state index >= 15 is 0 Å². The smallest absolute Gasteiger partial charge is 0.238 e. The minimum Gasteiger partial charge on any atom is -0.340 e. The normalized spacial score (nSPS) is 29.0. The van der Waals surface area contributed by atoms with Crippen LogP contribution in [0.15, 0.2) is 23.8 Å². The Bertz CT molecular complexity index is 526. The number of hydrogen-bond acceptors (Lipinski definition) is 4. The summed E-state index contributed by atoms with van der Waals surface area (Å²) in [6.07, 6.45) is 9.83. The lowest BCUT2D eigenvalue weighted by molar-refractivity contribution is -0.126. The Morgan fingerprint density at radius 2 is 2.17 bits per heavy atom. The van der Waals surface area contributed by atoms with E-state index in [0.717, 1.165) is 19.3 Å². The zero-order valence-electron chi connectivity index (χ0n) is 14.6. The van der Waals surface area contributed by atoms with E-state index < -0.39 is 5.54 Å². The molecule has 2 rings (SSSR count). The fourth-order valence-electron chi connectivity index (χ4n) is 3.49. The summed E-state index contributed by atoms with van der Waals surface area (Å²) in [7, 11) is 3.57. The zero-order chi connectivity index (χ0) is 17.0. The third kappa shape index (κ3) is 3.40. The zero-order valence-corrected chi connectivity index (χ0v) is 14.6. The second-order valence-electron chi connectivity index (χ2n) is 6.59. The van der Waals surface area contributed by atoms with Gasteiger partial charge in [0.2, 0.25) is 5.91 Å². The number of likely N-dealkylation sites (N-methyl/N-ethyl adjacent to an activating group) is 2. The molecule has 23 heavy (non-hydrogen) atoms. The van der Waals surface area contributed by atoms with Crippen molar-refractivity contribution in [3.63, 3.8) is 0 Å². The van der Waals surface area contributed by atoms with Crippen molar-refractivity contribution in [1.29, 1.82) is 0 Å². The van der Waals surface area contributed by atoms with Gasteiger partial charge in [0.1, 0.15) is 5.54 Å². The standard InChI is InChI=1S/C18H29N3O2/c1-5-12(2)18(15(20-4)16(18)22)21-17(23)14(19-3)11-13-9-7-6-8-10-13/h6-7,9,12,14-15,19-20H,5,8,10-11H2,1-4H3,(H,21,23)/t12-,14?,15?,18?/m0/s1. The number of carbonyl (C=O) groups is 2. The number of hydrogen-bond donors (Lipinski definition) is 3. The molecule has 1 saturated carbocycles. The van der Waals surface area contributed by atoms with E-state index in [9.17, 15) is 9.59 Å². The molecule has 0 saturated heterocycles. The third-order valence-electron chi connectivity index (χ3n) is 5.28. The second kappa shape index (κ2) is 7.41. The molecule has 0 spiro atoms. The Morgan fingerprint density at radius 1 is 1.43 bits per heavy atom. The second-order valence-corrected chi connectivity index (χ2v) is 6.59. The summed E-state index contributed by atoms with van der Waals surface area (Å²) in [5.41, 5.74) is 0.531. The molecule has 1 fully saturated rings. The first-order valence-electron chi connectivity index (χ1n) is 8.56. The molecule has 0 bridgehead atoms. The maximum atomic E-state index is 12.7. The molecule has 0 heterocycles. The molecule has 3 unspecified atom stereocenters. The van der Waals surface area contributed by atoms with Crippen molar-refractivity contribution in [1.82, 2.24) is 16.0 Å². The summed E-state index contributed by atoms with van der Waals surface area (Å²) in [6.45, 7) is 4.07. The Hall–Kier alpha value is -1.46. The molecule has 3 N–H and O–H groups in total. The van der Waals surface area contributed by atoms with Crippen LogP contribution in [0.25, 0.3) is 0 Å². The van der Waals surface area contributed by atoms with E-state index in [0.29, 0.717) is 6.42 Å². The molecule has 0 aromatic heterocycles. The van der Waals surface area contributed by atoms with Crippen LogP contribution < -0.4 is 16.0 Å². The van der Waals surface area contributed by atoms with E-state index in [1.165, 1.54) is 5.57 Å². The summed E-state index contributed by atoms with van der Waals surface area (Å²) in [5, 5.41) is 9.18. The molecule has 128 valence electrons. The molecule has 0 aliphatic heterocycles. The van der Waals surface area contributed by atoms with Gasteiger partial charge >= 0.3 is 0 Å². The highest BCUT2D eigenvalue weighted by Crippen LogP contribution is 2.40. The Labute approximate surface area is 139 Å². The van der Waals surface area contributed by atoms with Crippen LogP contribution in [0.1, 0.15) is 39.5 Å². The van der Waals surface area contributed by atoms with Crippen molar-refractivity contribution in [3.8, 4) is 0 Å². The van der Waals surface area contributed by atoms with Crippen molar-refractivity contribution >= 4 is 11.7 Å². The fourth-order valence-corrected chi connectivity index (χ4v) is 3.49. The highest BCUT2D eigenvalue weighted by atomic mass is 16.2. The SMILES string of the molecule is CC[C@H](C)C1(NC(=O)C(CC2=CC=CCC2)NC)C(=O)C1NC. The minimum atomic E-state index is -0.740. The van der Waals surface area contributed by atoms with Gasteiger partial charge in [0, 0.05) is 0 Å². The number of ketones is 1. The Morgan fingerprint density at radius 3 is 2.65 bits per heavy atom. The van der Waals surface area contributed by atoms with Gasteiger partial charge in [-0.1, -0.05) is 44.1 Å². The van der Waals surface area contributed by atoms with Crippen LogP contribution in [0.2, 0.25) is 0 Å². The summed E-state index contributed by atoms with van der Waals surface area (Å²) in [4.78, 5) is 25.0. The number of amides is 1. The summed E-state index contributed by atoms with van der Waals surface area (Å²) in [5.74, 6) is 0.123. The molecule has 1 amide bonds. The lowest BCUT2D eigenvalue weighted by Gasteiger charge is -2.26. The van der Waals surface area contributed by atoms with Gasteiger partial charge in [-0.3, -0.25) is 9.59 Å².